The van der Waals surface area contributed by atoms with Gasteiger partial charge in [0.1, 0.15) is 11.6 Å². The standard InChI is InChI=1S/C22H26N2O4/c1-6-27-20-12-16(7-8-19(20)28-10-9-14(2)3)11-17-15(4)18(13-23)22(26)24(5)21(17)25/h7-8,11-12,14H,6,9-10H2,1-5H3/b17-11+. The molecular weight excluding hydrogens is 356 g/mol. The second-order valence-corrected chi connectivity index (χ2v) is 7.01. The molecule has 0 unspecified atom stereocenters. The fourth-order valence-electron chi connectivity index (χ4n) is 2.77. The minimum atomic E-state index is -0.578. The van der Waals surface area contributed by atoms with E-state index in [0.29, 0.717) is 41.8 Å². The molecule has 1 heterocycles. The van der Waals surface area contributed by atoms with Gasteiger partial charge in [0.25, 0.3) is 11.8 Å². The zero-order valence-electron chi connectivity index (χ0n) is 17.0. The van der Waals surface area contributed by atoms with Crippen molar-refractivity contribution in [3.8, 4) is 17.6 Å². The molecule has 2 amide bonds. The van der Waals surface area contributed by atoms with Crippen LogP contribution in [0.4, 0.5) is 0 Å². The number of nitrogens with zero attached hydrogens (tertiary/aromatic N) is 2. The van der Waals surface area contributed by atoms with E-state index in [4.69, 9.17) is 9.47 Å². The highest BCUT2D eigenvalue weighted by molar-refractivity contribution is 6.19. The van der Waals surface area contributed by atoms with Gasteiger partial charge in [-0.25, -0.2) is 0 Å². The molecule has 1 aliphatic heterocycles. The predicted octanol–water partition coefficient (Wildman–Crippen LogP) is 3.73. The second-order valence-electron chi connectivity index (χ2n) is 7.01. The van der Waals surface area contributed by atoms with Crippen LogP contribution < -0.4 is 9.47 Å². The van der Waals surface area contributed by atoms with Gasteiger partial charge in [-0.3, -0.25) is 14.5 Å². The molecule has 0 spiro atoms. The van der Waals surface area contributed by atoms with Crippen LogP contribution in [0.25, 0.3) is 6.08 Å². The molecule has 2 rings (SSSR count). The minimum absolute atomic E-state index is 0.0213. The van der Waals surface area contributed by atoms with Gasteiger partial charge in [0.15, 0.2) is 11.5 Å². The monoisotopic (exact) mass is 382 g/mol. The van der Waals surface area contributed by atoms with Gasteiger partial charge in [-0.1, -0.05) is 19.9 Å². The van der Waals surface area contributed by atoms with Gasteiger partial charge >= 0.3 is 0 Å². The lowest BCUT2D eigenvalue weighted by atomic mass is 9.94. The molecular formula is C22H26N2O4. The Balaban J connectivity index is 2.40. The van der Waals surface area contributed by atoms with Crippen LogP contribution in [0.2, 0.25) is 0 Å². The van der Waals surface area contributed by atoms with Crippen LogP contribution in [0.15, 0.2) is 34.9 Å². The topological polar surface area (TPSA) is 79.6 Å². The van der Waals surface area contributed by atoms with Gasteiger partial charge in [-0.05, 0) is 55.5 Å². The highest BCUT2D eigenvalue weighted by Gasteiger charge is 2.32. The number of likely N-dealkylation sites (N-methyl/N-ethyl adjacent to an activating group) is 1. The molecule has 0 atom stereocenters. The highest BCUT2D eigenvalue weighted by atomic mass is 16.5. The van der Waals surface area contributed by atoms with E-state index in [0.717, 1.165) is 16.9 Å². The zero-order chi connectivity index (χ0) is 20.8. The third-order valence-corrected chi connectivity index (χ3v) is 4.48. The van der Waals surface area contributed by atoms with E-state index in [1.807, 2.05) is 25.1 Å². The summed E-state index contributed by atoms with van der Waals surface area (Å²) in [4.78, 5) is 25.6. The average molecular weight is 382 g/mol. The van der Waals surface area contributed by atoms with Crippen LogP contribution in [-0.2, 0) is 9.59 Å². The van der Waals surface area contributed by atoms with Gasteiger partial charge in [-0.15, -0.1) is 0 Å². The molecule has 1 aliphatic rings. The van der Waals surface area contributed by atoms with Gasteiger partial charge in [0.2, 0.25) is 0 Å². The van der Waals surface area contributed by atoms with Crippen molar-refractivity contribution in [2.75, 3.05) is 20.3 Å². The maximum atomic E-state index is 12.5. The smallest absolute Gasteiger partial charge is 0.271 e. The number of hydrogen-bond donors (Lipinski definition) is 0. The Labute approximate surface area is 166 Å². The number of rotatable bonds is 7. The molecule has 28 heavy (non-hydrogen) atoms. The summed E-state index contributed by atoms with van der Waals surface area (Å²) in [6.45, 7) is 8.85. The van der Waals surface area contributed by atoms with E-state index in [1.165, 1.54) is 7.05 Å². The van der Waals surface area contributed by atoms with E-state index < -0.39 is 11.8 Å². The molecule has 0 saturated carbocycles. The van der Waals surface area contributed by atoms with E-state index in [9.17, 15) is 14.9 Å². The lowest BCUT2D eigenvalue weighted by Gasteiger charge is -2.23. The van der Waals surface area contributed by atoms with Crippen molar-refractivity contribution in [2.45, 2.75) is 34.1 Å². The summed E-state index contributed by atoms with van der Waals surface area (Å²) < 4.78 is 11.5. The molecule has 148 valence electrons. The number of ether oxygens (including phenoxy) is 2. The normalized spacial score (nSPS) is 16.0. The first kappa shape index (κ1) is 21.2. The molecule has 0 fully saturated rings. The van der Waals surface area contributed by atoms with Crippen molar-refractivity contribution < 1.29 is 19.1 Å². The Morgan fingerprint density at radius 3 is 2.50 bits per heavy atom. The number of benzene rings is 1. The van der Waals surface area contributed by atoms with Crippen molar-refractivity contribution in [1.82, 2.24) is 4.90 Å². The number of imide groups is 1. The van der Waals surface area contributed by atoms with Crippen LogP contribution in [0.3, 0.4) is 0 Å². The summed E-state index contributed by atoms with van der Waals surface area (Å²) in [7, 11) is 1.37. The van der Waals surface area contributed by atoms with Crippen LogP contribution in [-0.4, -0.2) is 37.0 Å². The molecule has 1 aromatic rings. The van der Waals surface area contributed by atoms with E-state index in [1.54, 1.807) is 19.1 Å². The maximum Gasteiger partial charge on any atom is 0.271 e. The first-order chi connectivity index (χ1) is 13.3. The van der Waals surface area contributed by atoms with Gasteiger partial charge in [0, 0.05) is 12.6 Å². The maximum absolute atomic E-state index is 12.5. The van der Waals surface area contributed by atoms with Crippen molar-refractivity contribution in [3.05, 3.63) is 40.5 Å². The van der Waals surface area contributed by atoms with Crippen LogP contribution in [0, 0.1) is 17.2 Å². The number of nitriles is 1. The fourth-order valence-corrected chi connectivity index (χ4v) is 2.77. The molecule has 0 bridgehead atoms. The van der Waals surface area contributed by atoms with Crippen molar-refractivity contribution >= 4 is 17.9 Å². The van der Waals surface area contributed by atoms with Gasteiger partial charge in [-0.2, -0.15) is 5.26 Å². The van der Waals surface area contributed by atoms with Crippen LogP contribution in [0.1, 0.15) is 39.7 Å². The largest absolute Gasteiger partial charge is 0.490 e. The number of carbonyl (C=O) groups excluding carboxylic acids is 2. The Bertz CT molecular complexity index is 875. The first-order valence-electron chi connectivity index (χ1n) is 9.35. The summed E-state index contributed by atoms with van der Waals surface area (Å²) >= 11 is 0. The molecule has 0 aromatic heterocycles. The van der Waals surface area contributed by atoms with Crippen molar-refractivity contribution in [2.24, 2.45) is 5.92 Å². The van der Waals surface area contributed by atoms with Gasteiger partial charge < -0.3 is 9.47 Å². The molecule has 6 heteroatoms. The predicted molar refractivity (Wildman–Crippen MR) is 107 cm³/mol. The third-order valence-electron chi connectivity index (χ3n) is 4.48. The minimum Gasteiger partial charge on any atom is -0.490 e. The number of carbonyl (C=O) groups is 2. The lowest BCUT2D eigenvalue weighted by Crippen LogP contribution is -2.39. The highest BCUT2D eigenvalue weighted by Crippen LogP contribution is 2.32. The zero-order valence-corrected chi connectivity index (χ0v) is 17.0. The summed E-state index contributed by atoms with van der Waals surface area (Å²) in [5, 5.41) is 9.26. The summed E-state index contributed by atoms with van der Waals surface area (Å²) in [5.41, 5.74) is 1.40. The van der Waals surface area contributed by atoms with E-state index >= 15 is 0 Å². The average Bonchev–Trinajstić information content (AvgIpc) is 2.65. The number of hydrogen-bond acceptors (Lipinski definition) is 5. The van der Waals surface area contributed by atoms with E-state index in [2.05, 4.69) is 13.8 Å². The van der Waals surface area contributed by atoms with Crippen LogP contribution >= 0.6 is 0 Å². The lowest BCUT2D eigenvalue weighted by molar-refractivity contribution is -0.138. The second kappa shape index (κ2) is 9.23. The Morgan fingerprint density at radius 1 is 1.18 bits per heavy atom. The molecule has 0 saturated heterocycles. The van der Waals surface area contributed by atoms with Crippen LogP contribution in [0.5, 0.6) is 11.5 Å². The molecule has 0 aliphatic carbocycles. The Hall–Kier alpha value is -3.07. The summed E-state index contributed by atoms with van der Waals surface area (Å²) in [6.07, 6.45) is 2.60. The molecule has 1 aromatic carbocycles. The molecule has 6 nitrogen and oxygen atoms in total. The SMILES string of the molecule is CCOc1cc(/C=C2/C(=O)N(C)C(=O)C(C#N)=C2C)ccc1OCCC(C)C. The molecule has 0 radical (unpaired) electrons. The van der Waals surface area contributed by atoms with Crippen molar-refractivity contribution in [3.63, 3.8) is 0 Å². The Morgan fingerprint density at radius 2 is 1.89 bits per heavy atom. The van der Waals surface area contributed by atoms with E-state index in [-0.39, 0.29) is 5.57 Å². The fraction of sp³-hybridized carbons (Fsp3) is 0.409. The summed E-state index contributed by atoms with van der Waals surface area (Å²) in [6, 6.07) is 7.32. The third kappa shape index (κ3) is 4.61. The Kier molecular flexibility index (Phi) is 7.00. The molecule has 0 N–H and O–H groups in total. The quantitative estimate of drug-likeness (QED) is 0.530. The van der Waals surface area contributed by atoms with Gasteiger partial charge in [0.05, 0.1) is 13.2 Å². The first-order valence-corrected chi connectivity index (χ1v) is 9.35. The summed E-state index contributed by atoms with van der Waals surface area (Å²) in [5.74, 6) is 0.774. The number of amides is 2. The van der Waals surface area contributed by atoms with Crippen molar-refractivity contribution in [1.29, 1.82) is 5.26 Å².